The van der Waals surface area contributed by atoms with Gasteiger partial charge in [0.2, 0.25) is 11.7 Å². The molecule has 0 saturated heterocycles. The number of aromatic nitrogens is 2. The van der Waals surface area contributed by atoms with Gasteiger partial charge < -0.3 is 9.26 Å². The highest BCUT2D eigenvalue weighted by atomic mass is 16.5. The van der Waals surface area contributed by atoms with Gasteiger partial charge in [-0.15, -0.1) is 0 Å². The van der Waals surface area contributed by atoms with Gasteiger partial charge in [-0.2, -0.15) is 4.98 Å². The van der Waals surface area contributed by atoms with Crippen molar-refractivity contribution in [1.29, 1.82) is 0 Å². The highest BCUT2D eigenvalue weighted by Gasteiger charge is 2.41. The number of rotatable bonds is 5. The molecule has 106 valence electrons. The quantitative estimate of drug-likeness (QED) is 0.820. The van der Waals surface area contributed by atoms with Crippen LogP contribution in [0, 0.1) is 5.92 Å². The Kier molecular flexibility index (Phi) is 4.04. The zero-order valence-electron chi connectivity index (χ0n) is 12.1. The summed E-state index contributed by atoms with van der Waals surface area (Å²) in [5.74, 6) is 0.891. The average molecular weight is 266 g/mol. The molecular weight excluding hydrogens is 244 g/mol. The van der Waals surface area contributed by atoms with E-state index in [0.29, 0.717) is 11.7 Å². The van der Waals surface area contributed by atoms with Gasteiger partial charge in [0.25, 0.3) is 0 Å². The van der Waals surface area contributed by atoms with E-state index in [9.17, 15) is 4.79 Å². The van der Waals surface area contributed by atoms with Crippen molar-refractivity contribution in [2.24, 2.45) is 5.92 Å². The first-order chi connectivity index (χ1) is 9.00. The van der Waals surface area contributed by atoms with Gasteiger partial charge in [-0.1, -0.05) is 19.0 Å². The second-order valence-electron chi connectivity index (χ2n) is 5.69. The largest absolute Gasteiger partial charge is 0.370 e. The highest BCUT2D eigenvalue weighted by molar-refractivity contribution is 5.82. The van der Waals surface area contributed by atoms with E-state index in [2.05, 4.69) is 10.1 Å². The van der Waals surface area contributed by atoms with Crippen molar-refractivity contribution in [1.82, 2.24) is 10.1 Å². The van der Waals surface area contributed by atoms with Crippen LogP contribution in [0.1, 0.15) is 64.1 Å². The minimum Gasteiger partial charge on any atom is -0.370 e. The molecule has 5 nitrogen and oxygen atoms in total. The summed E-state index contributed by atoms with van der Waals surface area (Å²) in [5, 5.41) is 4.06. The second kappa shape index (κ2) is 5.41. The number of hydrogen-bond acceptors (Lipinski definition) is 5. The monoisotopic (exact) mass is 266 g/mol. The molecule has 0 radical (unpaired) electrons. The third-order valence-corrected chi connectivity index (χ3v) is 4.02. The maximum atomic E-state index is 11.7. The first-order valence-corrected chi connectivity index (χ1v) is 6.90. The number of carbonyl (C=O) groups excluding carboxylic acids is 1. The summed E-state index contributed by atoms with van der Waals surface area (Å²) in [5.41, 5.74) is -0.417. The summed E-state index contributed by atoms with van der Waals surface area (Å²) in [6, 6.07) is 0. The lowest BCUT2D eigenvalue weighted by atomic mass is 9.92. The van der Waals surface area contributed by atoms with E-state index in [4.69, 9.17) is 9.26 Å². The fraction of sp³-hybridized carbons (Fsp3) is 0.786. The van der Waals surface area contributed by atoms with E-state index in [1.165, 1.54) is 0 Å². The number of methoxy groups -OCH3 is 1. The van der Waals surface area contributed by atoms with Crippen molar-refractivity contribution < 1.29 is 14.1 Å². The van der Waals surface area contributed by atoms with Gasteiger partial charge in [-0.25, -0.2) is 0 Å². The molecule has 0 bridgehead atoms. The van der Waals surface area contributed by atoms with E-state index in [1.54, 1.807) is 14.0 Å². The summed E-state index contributed by atoms with van der Waals surface area (Å²) in [7, 11) is 1.69. The standard InChI is InChI=1S/C14H22N2O3/c1-9(2)11(10(3)17)12-15-13(16-19-12)14(18-4)7-5-6-8-14/h9,11H,5-8H2,1-4H3. The normalized spacial score (nSPS) is 19.8. The van der Waals surface area contributed by atoms with Gasteiger partial charge in [0.15, 0.2) is 0 Å². The summed E-state index contributed by atoms with van der Waals surface area (Å²) < 4.78 is 11.0. The van der Waals surface area contributed by atoms with Crippen LogP contribution < -0.4 is 0 Å². The zero-order chi connectivity index (χ0) is 14.0. The van der Waals surface area contributed by atoms with Crippen LogP contribution in [-0.2, 0) is 15.1 Å². The Morgan fingerprint density at radius 1 is 1.37 bits per heavy atom. The summed E-state index contributed by atoms with van der Waals surface area (Å²) in [4.78, 5) is 16.2. The van der Waals surface area contributed by atoms with Crippen molar-refractivity contribution in [2.45, 2.75) is 58.0 Å². The smallest absolute Gasteiger partial charge is 0.237 e. The molecule has 0 aliphatic heterocycles. The molecule has 1 aromatic rings. The Morgan fingerprint density at radius 3 is 2.47 bits per heavy atom. The Balaban J connectivity index is 2.30. The molecule has 1 unspecified atom stereocenters. The topological polar surface area (TPSA) is 65.2 Å². The molecule has 0 aromatic carbocycles. The summed E-state index contributed by atoms with van der Waals surface area (Å²) in [6.45, 7) is 5.53. The number of carbonyl (C=O) groups is 1. The molecule has 1 aromatic heterocycles. The Morgan fingerprint density at radius 2 is 2.00 bits per heavy atom. The Bertz CT molecular complexity index is 447. The molecule has 5 heteroatoms. The van der Waals surface area contributed by atoms with E-state index in [1.807, 2.05) is 13.8 Å². The first-order valence-electron chi connectivity index (χ1n) is 6.90. The maximum absolute atomic E-state index is 11.7. The average Bonchev–Trinajstić information content (AvgIpc) is 2.96. The molecule has 2 rings (SSSR count). The number of nitrogens with zero attached hydrogens (tertiary/aromatic N) is 2. The van der Waals surface area contributed by atoms with Crippen LogP contribution in [0.3, 0.4) is 0 Å². The van der Waals surface area contributed by atoms with Crippen LogP contribution in [0.15, 0.2) is 4.52 Å². The lowest BCUT2D eigenvalue weighted by Gasteiger charge is -2.22. The van der Waals surface area contributed by atoms with Crippen molar-refractivity contribution in [3.05, 3.63) is 11.7 Å². The highest BCUT2D eigenvalue weighted by Crippen LogP contribution is 2.40. The second-order valence-corrected chi connectivity index (χ2v) is 5.69. The van der Waals surface area contributed by atoms with Crippen LogP contribution in [0.4, 0.5) is 0 Å². The molecule has 0 amide bonds. The molecule has 1 aliphatic carbocycles. The van der Waals surface area contributed by atoms with Gasteiger partial charge in [-0.3, -0.25) is 4.79 Å². The fourth-order valence-electron chi connectivity index (χ4n) is 2.94. The molecule has 0 spiro atoms. The van der Waals surface area contributed by atoms with Gasteiger partial charge in [0.05, 0.1) is 5.92 Å². The molecule has 1 heterocycles. The van der Waals surface area contributed by atoms with Crippen LogP contribution in [0.2, 0.25) is 0 Å². The number of ether oxygens (including phenoxy) is 1. The van der Waals surface area contributed by atoms with Crippen molar-refractivity contribution >= 4 is 5.78 Å². The lowest BCUT2D eigenvalue weighted by Crippen LogP contribution is -2.26. The van der Waals surface area contributed by atoms with Crippen molar-refractivity contribution in [3.63, 3.8) is 0 Å². The van der Waals surface area contributed by atoms with Gasteiger partial charge in [-0.05, 0) is 38.5 Å². The van der Waals surface area contributed by atoms with E-state index < -0.39 is 5.60 Å². The van der Waals surface area contributed by atoms with Gasteiger partial charge >= 0.3 is 0 Å². The Labute approximate surface area is 113 Å². The van der Waals surface area contributed by atoms with Crippen LogP contribution in [-0.4, -0.2) is 23.0 Å². The van der Waals surface area contributed by atoms with E-state index in [0.717, 1.165) is 25.7 Å². The molecule has 0 N–H and O–H groups in total. The van der Waals surface area contributed by atoms with Crippen molar-refractivity contribution in [2.75, 3.05) is 7.11 Å². The molecular formula is C14H22N2O3. The lowest BCUT2D eigenvalue weighted by molar-refractivity contribution is -0.119. The minimum atomic E-state index is -0.417. The molecule has 1 saturated carbocycles. The van der Waals surface area contributed by atoms with Gasteiger partial charge in [0, 0.05) is 7.11 Å². The predicted molar refractivity (Wildman–Crippen MR) is 69.7 cm³/mol. The third kappa shape index (κ3) is 2.56. The first kappa shape index (κ1) is 14.2. The number of ketones is 1. The van der Waals surface area contributed by atoms with Gasteiger partial charge in [0.1, 0.15) is 11.4 Å². The molecule has 1 atom stereocenters. The maximum Gasteiger partial charge on any atom is 0.237 e. The van der Waals surface area contributed by atoms with Crippen LogP contribution in [0.5, 0.6) is 0 Å². The fourth-order valence-corrected chi connectivity index (χ4v) is 2.94. The van der Waals surface area contributed by atoms with Crippen molar-refractivity contribution in [3.8, 4) is 0 Å². The Hall–Kier alpha value is -1.23. The molecule has 1 fully saturated rings. The number of Topliss-reactive ketones (excluding diaryl/α,β-unsaturated/α-hetero) is 1. The molecule has 19 heavy (non-hydrogen) atoms. The predicted octanol–water partition coefficient (Wildman–Crippen LogP) is 2.81. The number of hydrogen-bond donors (Lipinski definition) is 0. The third-order valence-electron chi connectivity index (χ3n) is 4.02. The van der Waals surface area contributed by atoms with E-state index >= 15 is 0 Å². The molecule has 1 aliphatic rings. The summed E-state index contributed by atoms with van der Waals surface area (Å²) >= 11 is 0. The van der Waals surface area contributed by atoms with Crippen LogP contribution in [0.25, 0.3) is 0 Å². The minimum absolute atomic E-state index is 0.0584. The van der Waals surface area contributed by atoms with E-state index in [-0.39, 0.29) is 17.6 Å². The SMILES string of the molecule is COC1(c2noc(C(C(C)=O)C(C)C)n2)CCCC1. The summed E-state index contributed by atoms with van der Waals surface area (Å²) in [6.07, 6.45) is 4.04. The zero-order valence-corrected chi connectivity index (χ0v) is 12.1. The van der Waals surface area contributed by atoms with Crippen LogP contribution >= 0.6 is 0 Å².